The van der Waals surface area contributed by atoms with Crippen molar-refractivity contribution in [3.05, 3.63) is 73.5 Å². The first-order valence-electron chi connectivity index (χ1n) is 10.1. The molecule has 3 aromatic carbocycles. The molecule has 10 nitrogen and oxygen atoms in total. The molecule has 0 radical (unpaired) electrons. The number of ether oxygens (including phenoxy) is 1. The number of rotatable bonds is 11. The van der Waals surface area contributed by atoms with Gasteiger partial charge in [-0.25, -0.2) is 8.42 Å². The smallest absolute Gasteiger partial charge is 0.269 e. The van der Waals surface area contributed by atoms with Crippen LogP contribution in [-0.4, -0.2) is 51.9 Å². The molecule has 12 heteroatoms. The summed E-state index contributed by atoms with van der Waals surface area (Å²) in [5.41, 5.74) is -0.786. The van der Waals surface area contributed by atoms with E-state index in [9.17, 15) is 23.1 Å². The molecule has 0 aliphatic heterocycles. The van der Waals surface area contributed by atoms with Crippen LogP contribution in [0.15, 0.2) is 56.9 Å². The fourth-order valence-corrected chi connectivity index (χ4v) is 4.93. The number of phenols is 1. The Balaban J connectivity index is 1.93. The van der Waals surface area contributed by atoms with E-state index < -0.39 is 31.5 Å². The number of hydrogen-bond acceptors (Lipinski definition) is 9. The Kier molecular flexibility index (Phi) is 7.95. The van der Waals surface area contributed by atoms with E-state index in [1.54, 1.807) is 0 Å². The van der Waals surface area contributed by atoms with Crippen molar-refractivity contribution in [2.24, 2.45) is 0 Å². The van der Waals surface area contributed by atoms with Gasteiger partial charge in [-0.3, -0.25) is 14.4 Å². The number of aromatic hydroxyl groups is 1. The van der Waals surface area contributed by atoms with Gasteiger partial charge in [0.05, 0.1) is 30.5 Å². The zero-order chi connectivity index (χ0) is 25.0. The second-order valence-electron chi connectivity index (χ2n) is 7.39. The second-order valence-corrected chi connectivity index (χ2v) is 9.67. The van der Waals surface area contributed by atoms with Crippen LogP contribution in [0.1, 0.15) is 5.56 Å². The van der Waals surface area contributed by atoms with Crippen LogP contribution in [0.2, 0.25) is 5.02 Å². The van der Waals surface area contributed by atoms with Crippen LogP contribution in [0.3, 0.4) is 0 Å². The lowest BCUT2D eigenvalue weighted by molar-refractivity contribution is -0.0259. The minimum absolute atomic E-state index is 0.00995. The standard InChI is InChI=1S/C22H24ClN3O7S/c1-26(33-3)34(30,31)22-15(23)9-10-16(19(22)27)25-18-17(20(28)21(18)29)24-14(12-32-2)11-13-7-5-4-6-8-13/h4-10,14,24-25,27H,11-12H2,1-3H3/t14-/m0/s1. The number of phenolic OH excluding ortho intramolecular Hbond substituents is 1. The molecule has 0 amide bonds. The van der Waals surface area contributed by atoms with Gasteiger partial charge in [0.1, 0.15) is 16.3 Å². The normalized spacial score (nSPS) is 12.7. The van der Waals surface area contributed by atoms with Crippen LogP contribution < -0.4 is 21.5 Å². The van der Waals surface area contributed by atoms with Crippen LogP contribution in [0.4, 0.5) is 17.1 Å². The quantitative estimate of drug-likeness (QED) is 0.202. The van der Waals surface area contributed by atoms with Crippen molar-refractivity contribution in [3.63, 3.8) is 0 Å². The summed E-state index contributed by atoms with van der Waals surface area (Å²) in [4.78, 5) is 28.7. The third-order valence-corrected chi connectivity index (χ3v) is 7.33. The summed E-state index contributed by atoms with van der Waals surface area (Å²) in [5.74, 6) is -0.729. The number of benzene rings is 2. The van der Waals surface area contributed by atoms with Crippen LogP contribution >= 0.6 is 11.6 Å². The van der Waals surface area contributed by atoms with Crippen molar-refractivity contribution in [2.45, 2.75) is 17.4 Å². The van der Waals surface area contributed by atoms with E-state index in [1.807, 2.05) is 30.3 Å². The Morgan fingerprint density at radius 1 is 1.06 bits per heavy atom. The van der Waals surface area contributed by atoms with Crippen molar-refractivity contribution in [2.75, 3.05) is 38.5 Å². The molecule has 34 heavy (non-hydrogen) atoms. The first-order valence-corrected chi connectivity index (χ1v) is 11.9. The minimum atomic E-state index is -4.31. The highest BCUT2D eigenvalue weighted by atomic mass is 35.5. The number of methoxy groups -OCH3 is 1. The van der Waals surface area contributed by atoms with Crippen molar-refractivity contribution in [3.8, 4) is 5.75 Å². The predicted octanol–water partition coefficient (Wildman–Crippen LogP) is 2.24. The zero-order valence-electron chi connectivity index (χ0n) is 18.7. The molecule has 0 aromatic heterocycles. The van der Waals surface area contributed by atoms with Gasteiger partial charge in [0, 0.05) is 14.2 Å². The molecule has 0 saturated carbocycles. The van der Waals surface area contributed by atoms with Crippen LogP contribution in [0.25, 0.3) is 0 Å². The number of nitrogens with one attached hydrogen (secondary N) is 2. The number of halogens is 1. The van der Waals surface area contributed by atoms with Crippen molar-refractivity contribution < 1.29 is 23.1 Å². The molecule has 0 heterocycles. The molecule has 0 fully saturated rings. The van der Waals surface area contributed by atoms with Crippen LogP contribution in [0.5, 0.6) is 5.75 Å². The molecule has 3 rings (SSSR count). The monoisotopic (exact) mass is 509 g/mol. The third-order valence-electron chi connectivity index (χ3n) is 5.15. The van der Waals surface area contributed by atoms with E-state index in [-0.39, 0.29) is 34.7 Å². The van der Waals surface area contributed by atoms with Gasteiger partial charge in [-0.1, -0.05) is 46.4 Å². The Hall–Kier alpha value is -2.96. The maximum absolute atomic E-state index is 12.7. The van der Waals surface area contributed by atoms with E-state index in [4.69, 9.17) is 21.2 Å². The number of hydrogen-bond donors (Lipinski definition) is 3. The van der Waals surface area contributed by atoms with E-state index in [0.717, 1.165) is 19.7 Å². The molecular weight excluding hydrogens is 486 g/mol. The third kappa shape index (κ3) is 5.08. The number of anilines is 3. The topological polar surface area (TPSA) is 134 Å². The summed E-state index contributed by atoms with van der Waals surface area (Å²) < 4.78 is 31.1. The molecule has 3 N–H and O–H groups in total. The summed E-state index contributed by atoms with van der Waals surface area (Å²) in [6.07, 6.45) is 0.519. The fraction of sp³-hybridized carbons (Fsp3) is 0.273. The Bertz CT molecular complexity index is 1340. The average Bonchev–Trinajstić information content (AvgIpc) is 2.82. The summed E-state index contributed by atoms with van der Waals surface area (Å²) >= 11 is 6.02. The van der Waals surface area contributed by atoms with Crippen molar-refractivity contribution in [1.82, 2.24) is 4.47 Å². The maximum atomic E-state index is 12.7. The van der Waals surface area contributed by atoms with E-state index >= 15 is 0 Å². The van der Waals surface area contributed by atoms with Crippen molar-refractivity contribution >= 4 is 38.7 Å². The summed E-state index contributed by atoms with van der Waals surface area (Å²) in [5, 5.41) is 16.1. The molecule has 0 saturated heterocycles. The number of sulfonamides is 1. The zero-order valence-corrected chi connectivity index (χ0v) is 20.2. The van der Waals surface area contributed by atoms with E-state index in [0.29, 0.717) is 10.9 Å². The Labute approximate surface area is 201 Å². The van der Waals surface area contributed by atoms with E-state index in [2.05, 4.69) is 10.6 Å². The van der Waals surface area contributed by atoms with Crippen molar-refractivity contribution in [1.29, 1.82) is 0 Å². The molecule has 3 aromatic rings. The lowest BCUT2D eigenvalue weighted by Crippen LogP contribution is -2.40. The molecule has 0 spiro atoms. The lowest BCUT2D eigenvalue weighted by atomic mass is 10.0. The van der Waals surface area contributed by atoms with Gasteiger partial charge in [0.2, 0.25) is 0 Å². The molecule has 182 valence electrons. The number of nitrogens with zero attached hydrogens (tertiary/aromatic N) is 1. The fourth-order valence-electron chi connectivity index (χ4n) is 3.36. The van der Waals surface area contributed by atoms with E-state index in [1.165, 1.54) is 19.2 Å². The lowest BCUT2D eigenvalue weighted by Gasteiger charge is -2.23. The summed E-state index contributed by atoms with van der Waals surface area (Å²) in [7, 11) is -0.519. The summed E-state index contributed by atoms with van der Waals surface area (Å²) in [6, 6.07) is 11.7. The van der Waals surface area contributed by atoms with Gasteiger partial charge in [-0.15, -0.1) is 0 Å². The Morgan fingerprint density at radius 2 is 1.71 bits per heavy atom. The van der Waals surface area contributed by atoms with Gasteiger partial charge < -0.3 is 20.5 Å². The molecule has 1 atom stereocenters. The minimum Gasteiger partial charge on any atom is -0.504 e. The average molecular weight is 510 g/mol. The summed E-state index contributed by atoms with van der Waals surface area (Å²) in [6.45, 7) is 0.255. The largest absolute Gasteiger partial charge is 0.504 e. The molecular formula is C22H24ClN3O7S. The SMILES string of the molecule is COC[C@H](Cc1ccccc1)Nc1c(Nc2ccc(Cl)c(S(=O)(=O)N(C)OC)c2O)c(=O)c1=O. The number of hydroxylamine groups is 1. The molecule has 0 unspecified atom stereocenters. The highest BCUT2D eigenvalue weighted by Gasteiger charge is 2.31. The van der Waals surface area contributed by atoms with Gasteiger partial charge in [0.15, 0.2) is 5.75 Å². The van der Waals surface area contributed by atoms with Crippen LogP contribution in [-0.2, 0) is 26.0 Å². The molecule has 0 bridgehead atoms. The Morgan fingerprint density at radius 3 is 2.32 bits per heavy atom. The first kappa shape index (κ1) is 25.7. The predicted molar refractivity (Wildman–Crippen MR) is 129 cm³/mol. The van der Waals surface area contributed by atoms with Gasteiger partial charge in [0.25, 0.3) is 20.9 Å². The molecule has 0 aliphatic carbocycles. The first-order chi connectivity index (χ1) is 16.1. The van der Waals surface area contributed by atoms with Gasteiger partial charge in [-0.05, 0) is 24.1 Å². The van der Waals surface area contributed by atoms with Gasteiger partial charge >= 0.3 is 0 Å². The molecule has 0 aliphatic rings. The van der Waals surface area contributed by atoms with Gasteiger partial charge in [-0.2, -0.15) is 0 Å². The highest BCUT2D eigenvalue weighted by Crippen LogP contribution is 2.39. The maximum Gasteiger partial charge on any atom is 0.269 e. The van der Waals surface area contributed by atoms with Crippen LogP contribution in [0, 0.1) is 0 Å². The highest BCUT2D eigenvalue weighted by molar-refractivity contribution is 7.89. The second kappa shape index (κ2) is 10.5.